The van der Waals surface area contributed by atoms with Crippen LogP contribution in [0.3, 0.4) is 0 Å². The Bertz CT molecular complexity index is 1120. The number of rotatable bonds is 10. The highest BCUT2D eigenvalue weighted by molar-refractivity contribution is 7.92. The lowest BCUT2D eigenvalue weighted by Crippen LogP contribution is -2.51. The molecule has 0 heterocycles. The number of nitrogens with zero attached hydrogens (tertiary/aromatic N) is 3. The van der Waals surface area contributed by atoms with E-state index in [2.05, 4.69) is 5.32 Å². The molecule has 0 fully saturated rings. The zero-order valence-electron chi connectivity index (χ0n) is 18.4. The van der Waals surface area contributed by atoms with Gasteiger partial charge in [-0.1, -0.05) is 36.7 Å². The van der Waals surface area contributed by atoms with Crippen LogP contribution in [0.25, 0.3) is 0 Å². The van der Waals surface area contributed by atoms with Gasteiger partial charge in [0.15, 0.2) is 0 Å². The molecule has 12 heteroatoms. The SMILES string of the molecule is CC[C@H](C(=O)NC)N(Cc1ccc(Cl)cc1)C(=O)CN(c1cccc([N+](=O)[O-])c1)S(C)(=O)=O. The molecule has 0 aromatic heterocycles. The first kappa shape index (κ1) is 26.1. The van der Waals surface area contributed by atoms with Crippen molar-refractivity contribution in [2.75, 3.05) is 24.2 Å². The van der Waals surface area contributed by atoms with Crippen LogP contribution in [0, 0.1) is 10.1 Å². The van der Waals surface area contributed by atoms with Gasteiger partial charge in [-0.05, 0) is 30.2 Å². The van der Waals surface area contributed by atoms with E-state index in [9.17, 15) is 28.1 Å². The standard InChI is InChI=1S/C21H25ClN4O6S/c1-4-19(21(28)23-2)24(13-15-8-10-16(22)11-9-15)20(27)14-25(33(3,31)32)17-6-5-7-18(12-17)26(29)30/h5-12,19H,4,13-14H2,1-3H3,(H,23,28)/t19-/m1/s1. The number of carbonyl (C=O) groups is 2. The summed E-state index contributed by atoms with van der Waals surface area (Å²) in [7, 11) is -2.53. The van der Waals surface area contributed by atoms with Crippen LogP contribution in [0.2, 0.25) is 5.02 Å². The number of hydrogen-bond acceptors (Lipinski definition) is 6. The lowest BCUT2D eigenvalue weighted by molar-refractivity contribution is -0.384. The van der Waals surface area contributed by atoms with E-state index < -0.39 is 39.3 Å². The number of nitrogens with one attached hydrogen (secondary N) is 1. The van der Waals surface area contributed by atoms with Gasteiger partial charge in [-0.2, -0.15) is 0 Å². The molecule has 178 valence electrons. The van der Waals surface area contributed by atoms with Crippen LogP contribution < -0.4 is 9.62 Å². The Hall–Kier alpha value is -3.18. The highest BCUT2D eigenvalue weighted by Gasteiger charge is 2.31. The van der Waals surface area contributed by atoms with Crippen LogP contribution in [0.5, 0.6) is 0 Å². The van der Waals surface area contributed by atoms with Gasteiger partial charge in [0.05, 0.1) is 16.9 Å². The van der Waals surface area contributed by atoms with Gasteiger partial charge in [0.25, 0.3) is 5.69 Å². The first-order valence-electron chi connectivity index (χ1n) is 9.95. The molecule has 2 amide bonds. The molecule has 2 aromatic carbocycles. The molecule has 0 aliphatic carbocycles. The van der Waals surface area contributed by atoms with Gasteiger partial charge in [-0.15, -0.1) is 0 Å². The molecular formula is C21H25ClN4O6S. The smallest absolute Gasteiger partial charge is 0.271 e. The van der Waals surface area contributed by atoms with E-state index in [1.54, 1.807) is 31.2 Å². The van der Waals surface area contributed by atoms with Crippen molar-refractivity contribution in [2.45, 2.75) is 25.9 Å². The molecule has 0 unspecified atom stereocenters. The summed E-state index contributed by atoms with van der Waals surface area (Å²) in [5, 5.41) is 14.2. The summed E-state index contributed by atoms with van der Waals surface area (Å²) in [5.41, 5.74) is 0.347. The lowest BCUT2D eigenvalue weighted by atomic mass is 10.1. The van der Waals surface area contributed by atoms with Crippen molar-refractivity contribution in [1.82, 2.24) is 10.2 Å². The zero-order valence-corrected chi connectivity index (χ0v) is 20.0. The maximum absolute atomic E-state index is 13.4. The normalized spacial score (nSPS) is 12.0. The zero-order chi connectivity index (χ0) is 24.8. The first-order valence-corrected chi connectivity index (χ1v) is 12.2. The number of non-ortho nitro benzene ring substituents is 1. The molecule has 0 saturated heterocycles. The number of carbonyl (C=O) groups excluding carboxylic acids is 2. The summed E-state index contributed by atoms with van der Waals surface area (Å²) in [4.78, 5) is 37.6. The molecule has 2 rings (SSSR count). The van der Waals surface area contributed by atoms with Gasteiger partial charge in [-0.25, -0.2) is 8.42 Å². The second kappa shape index (κ2) is 11.1. The number of anilines is 1. The number of likely N-dealkylation sites (N-methyl/N-ethyl adjacent to an activating group) is 1. The van der Waals surface area contributed by atoms with Gasteiger partial charge in [0, 0.05) is 30.7 Å². The number of amides is 2. The summed E-state index contributed by atoms with van der Waals surface area (Å²) in [6, 6.07) is 10.8. The Kier molecular flexibility index (Phi) is 8.77. The summed E-state index contributed by atoms with van der Waals surface area (Å²) in [6.45, 7) is 1.13. The Balaban J connectivity index is 2.45. The van der Waals surface area contributed by atoms with Crippen LogP contribution in [0.1, 0.15) is 18.9 Å². The number of sulfonamides is 1. The van der Waals surface area contributed by atoms with E-state index in [-0.39, 0.29) is 24.3 Å². The van der Waals surface area contributed by atoms with Crippen molar-refractivity contribution in [3.05, 3.63) is 69.2 Å². The molecule has 2 aromatic rings. The second-order valence-corrected chi connectivity index (χ2v) is 9.58. The minimum absolute atomic E-state index is 0.0283. The third-order valence-corrected chi connectivity index (χ3v) is 6.30. The van der Waals surface area contributed by atoms with Crippen molar-refractivity contribution in [1.29, 1.82) is 0 Å². The topological polar surface area (TPSA) is 130 Å². The number of nitro benzene ring substituents is 1. The fraction of sp³-hybridized carbons (Fsp3) is 0.333. The van der Waals surface area contributed by atoms with Crippen LogP contribution >= 0.6 is 11.6 Å². The highest BCUT2D eigenvalue weighted by atomic mass is 35.5. The average Bonchev–Trinajstić information content (AvgIpc) is 2.77. The van der Waals surface area contributed by atoms with E-state index >= 15 is 0 Å². The number of benzene rings is 2. The number of hydrogen-bond donors (Lipinski definition) is 1. The Labute approximate surface area is 197 Å². The van der Waals surface area contributed by atoms with E-state index in [4.69, 9.17) is 11.6 Å². The second-order valence-electron chi connectivity index (χ2n) is 7.23. The highest BCUT2D eigenvalue weighted by Crippen LogP contribution is 2.24. The van der Waals surface area contributed by atoms with E-state index in [0.717, 1.165) is 16.6 Å². The quantitative estimate of drug-likeness (QED) is 0.397. The predicted molar refractivity (Wildman–Crippen MR) is 125 cm³/mol. The summed E-state index contributed by atoms with van der Waals surface area (Å²) < 4.78 is 25.8. The van der Waals surface area contributed by atoms with Crippen molar-refractivity contribution in [3.8, 4) is 0 Å². The van der Waals surface area contributed by atoms with Crippen LogP contribution in [-0.2, 0) is 26.2 Å². The molecule has 0 aliphatic heterocycles. The van der Waals surface area contributed by atoms with Crippen molar-refractivity contribution in [2.24, 2.45) is 0 Å². The Morgan fingerprint density at radius 2 is 1.82 bits per heavy atom. The molecular weight excluding hydrogens is 472 g/mol. The molecule has 0 spiro atoms. The van der Waals surface area contributed by atoms with E-state index in [1.165, 1.54) is 30.1 Å². The maximum Gasteiger partial charge on any atom is 0.271 e. The Morgan fingerprint density at radius 3 is 2.33 bits per heavy atom. The first-order chi connectivity index (χ1) is 15.5. The van der Waals surface area contributed by atoms with Crippen LogP contribution in [0.4, 0.5) is 11.4 Å². The molecule has 0 aliphatic rings. The van der Waals surface area contributed by atoms with E-state index in [1.807, 2.05) is 0 Å². The third-order valence-electron chi connectivity index (χ3n) is 4.91. The summed E-state index contributed by atoms with van der Waals surface area (Å²) in [5.74, 6) is -1.04. The van der Waals surface area contributed by atoms with Gasteiger partial charge < -0.3 is 10.2 Å². The molecule has 0 bridgehead atoms. The van der Waals surface area contributed by atoms with Crippen LogP contribution in [-0.4, -0.2) is 55.9 Å². The van der Waals surface area contributed by atoms with Crippen molar-refractivity contribution < 1.29 is 22.9 Å². The molecule has 1 atom stereocenters. The maximum atomic E-state index is 13.4. The van der Waals surface area contributed by atoms with Gasteiger partial charge in [-0.3, -0.25) is 24.0 Å². The molecule has 33 heavy (non-hydrogen) atoms. The third kappa shape index (κ3) is 6.90. The van der Waals surface area contributed by atoms with Gasteiger partial charge in [0.2, 0.25) is 21.8 Å². The summed E-state index contributed by atoms with van der Waals surface area (Å²) in [6.07, 6.45) is 1.19. The molecule has 0 radical (unpaired) electrons. The van der Waals surface area contributed by atoms with Crippen molar-refractivity contribution >= 4 is 44.8 Å². The van der Waals surface area contributed by atoms with E-state index in [0.29, 0.717) is 10.6 Å². The molecule has 10 nitrogen and oxygen atoms in total. The number of nitro groups is 1. The monoisotopic (exact) mass is 496 g/mol. The van der Waals surface area contributed by atoms with Gasteiger partial charge in [0.1, 0.15) is 12.6 Å². The minimum atomic E-state index is -3.98. The summed E-state index contributed by atoms with van der Waals surface area (Å²) >= 11 is 5.93. The van der Waals surface area contributed by atoms with Gasteiger partial charge >= 0.3 is 0 Å². The molecule has 1 N–H and O–H groups in total. The molecule has 0 saturated carbocycles. The fourth-order valence-corrected chi connectivity index (χ4v) is 4.22. The Morgan fingerprint density at radius 1 is 1.18 bits per heavy atom. The fourth-order valence-electron chi connectivity index (χ4n) is 3.25. The largest absolute Gasteiger partial charge is 0.357 e. The number of halogens is 1. The average molecular weight is 497 g/mol. The van der Waals surface area contributed by atoms with Crippen LogP contribution in [0.15, 0.2) is 48.5 Å². The van der Waals surface area contributed by atoms with Crippen molar-refractivity contribution in [3.63, 3.8) is 0 Å². The minimum Gasteiger partial charge on any atom is -0.357 e. The lowest BCUT2D eigenvalue weighted by Gasteiger charge is -2.32. The predicted octanol–water partition coefficient (Wildman–Crippen LogP) is 2.57.